The van der Waals surface area contributed by atoms with E-state index >= 15 is 0 Å². The molecular weight excluding hydrogens is 252 g/mol. The van der Waals surface area contributed by atoms with E-state index < -0.39 is 0 Å². The fourth-order valence-corrected chi connectivity index (χ4v) is 2.09. The molecule has 4 nitrogen and oxygen atoms in total. The molecule has 0 atom stereocenters. The first kappa shape index (κ1) is 12.2. The molecule has 0 unspecified atom stereocenters. The highest BCUT2D eigenvalue weighted by Gasteiger charge is 2.15. The summed E-state index contributed by atoms with van der Waals surface area (Å²) >= 11 is 0. The highest BCUT2D eigenvalue weighted by molar-refractivity contribution is 5.68. The molecule has 0 fully saturated rings. The number of hydrogen-bond acceptors (Lipinski definition) is 3. The molecule has 3 N–H and O–H groups in total. The Balaban J connectivity index is 1.99. The van der Waals surface area contributed by atoms with Crippen LogP contribution in [0.4, 0.5) is 11.4 Å². The van der Waals surface area contributed by atoms with E-state index in [0.717, 1.165) is 5.69 Å². The number of nitrogens with zero attached hydrogens (tertiary/aromatic N) is 1. The van der Waals surface area contributed by atoms with Gasteiger partial charge in [0, 0.05) is 11.8 Å². The zero-order valence-corrected chi connectivity index (χ0v) is 10.7. The maximum Gasteiger partial charge on any atom is 0.223 e. The lowest BCUT2D eigenvalue weighted by Crippen LogP contribution is -1.93. The Labute approximate surface area is 116 Å². The minimum absolute atomic E-state index is 0.0212. The standard InChI is InChI=1S/C16H14N2O2/c19-15-11-14(17-12-7-3-1-4-8-12)16(20)18(15)13-9-5-2-6-10-13/h1-11,17,19-20H. The molecule has 0 aliphatic carbocycles. The van der Waals surface area contributed by atoms with Gasteiger partial charge in [0.15, 0.2) is 0 Å². The molecule has 1 heterocycles. The van der Waals surface area contributed by atoms with Crippen LogP contribution in [0, 0.1) is 0 Å². The van der Waals surface area contributed by atoms with Crippen LogP contribution in [-0.4, -0.2) is 14.8 Å². The molecule has 0 bridgehead atoms. The minimum atomic E-state index is -0.0300. The van der Waals surface area contributed by atoms with E-state index in [4.69, 9.17) is 0 Å². The second-order valence-corrected chi connectivity index (χ2v) is 4.40. The lowest BCUT2D eigenvalue weighted by molar-refractivity contribution is 0.403. The van der Waals surface area contributed by atoms with Crippen LogP contribution < -0.4 is 5.32 Å². The van der Waals surface area contributed by atoms with E-state index in [-0.39, 0.29) is 11.8 Å². The molecule has 100 valence electrons. The number of anilines is 2. The van der Waals surface area contributed by atoms with Crippen molar-refractivity contribution in [3.63, 3.8) is 0 Å². The number of benzene rings is 2. The first-order chi connectivity index (χ1) is 9.75. The number of hydrogen-bond donors (Lipinski definition) is 3. The van der Waals surface area contributed by atoms with Crippen LogP contribution in [0.3, 0.4) is 0 Å². The normalized spacial score (nSPS) is 10.4. The van der Waals surface area contributed by atoms with Gasteiger partial charge in [0.25, 0.3) is 0 Å². The molecule has 3 aromatic rings. The van der Waals surface area contributed by atoms with Gasteiger partial charge >= 0.3 is 0 Å². The zero-order chi connectivity index (χ0) is 13.9. The number of aromatic hydroxyl groups is 2. The molecule has 0 spiro atoms. The number of aromatic nitrogens is 1. The van der Waals surface area contributed by atoms with Crippen LogP contribution in [0.25, 0.3) is 5.69 Å². The average Bonchev–Trinajstić information content (AvgIpc) is 2.75. The van der Waals surface area contributed by atoms with Crippen molar-refractivity contribution in [2.45, 2.75) is 0 Å². The summed E-state index contributed by atoms with van der Waals surface area (Å²) in [6.45, 7) is 0. The van der Waals surface area contributed by atoms with Gasteiger partial charge in [-0.05, 0) is 24.3 Å². The average molecular weight is 266 g/mol. The van der Waals surface area contributed by atoms with Gasteiger partial charge < -0.3 is 15.5 Å². The van der Waals surface area contributed by atoms with Crippen molar-refractivity contribution in [3.8, 4) is 17.4 Å². The number of rotatable bonds is 3. The first-order valence-corrected chi connectivity index (χ1v) is 6.27. The van der Waals surface area contributed by atoms with E-state index in [1.54, 1.807) is 0 Å². The highest BCUT2D eigenvalue weighted by atomic mass is 16.3. The topological polar surface area (TPSA) is 57.4 Å². The number of nitrogens with one attached hydrogen (secondary N) is 1. The summed E-state index contributed by atoms with van der Waals surface area (Å²) in [7, 11) is 0. The van der Waals surface area contributed by atoms with E-state index in [0.29, 0.717) is 11.4 Å². The van der Waals surface area contributed by atoms with Crippen LogP contribution >= 0.6 is 0 Å². The molecule has 0 saturated heterocycles. The van der Waals surface area contributed by atoms with Crippen molar-refractivity contribution < 1.29 is 10.2 Å². The van der Waals surface area contributed by atoms with Crippen molar-refractivity contribution in [2.75, 3.05) is 5.32 Å². The largest absolute Gasteiger partial charge is 0.494 e. The Bertz CT molecular complexity index is 706. The van der Waals surface area contributed by atoms with Gasteiger partial charge in [0.2, 0.25) is 11.8 Å². The predicted octanol–water partition coefficient (Wildman–Crippen LogP) is 3.63. The third-order valence-electron chi connectivity index (χ3n) is 3.02. The Hall–Kier alpha value is -2.88. The van der Waals surface area contributed by atoms with Gasteiger partial charge in [-0.25, -0.2) is 4.57 Å². The van der Waals surface area contributed by atoms with Gasteiger partial charge in [-0.15, -0.1) is 0 Å². The number of para-hydroxylation sites is 2. The SMILES string of the molecule is Oc1cc(Nc2ccccc2)c(O)n1-c1ccccc1. The Morgan fingerprint density at radius 1 is 0.800 bits per heavy atom. The summed E-state index contributed by atoms with van der Waals surface area (Å²) in [6, 6.07) is 20.2. The molecule has 0 amide bonds. The summed E-state index contributed by atoms with van der Waals surface area (Å²) in [5, 5.41) is 23.3. The quantitative estimate of drug-likeness (QED) is 0.678. The lowest BCUT2D eigenvalue weighted by Gasteiger charge is -2.08. The molecule has 20 heavy (non-hydrogen) atoms. The van der Waals surface area contributed by atoms with Crippen molar-refractivity contribution in [1.82, 2.24) is 4.57 Å². The monoisotopic (exact) mass is 266 g/mol. The third kappa shape index (κ3) is 2.19. The molecule has 0 saturated carbocycles. The van der Waals surface area contributed by atoms with Crippen LogP contribution in [-0.2, 0) is 0 Å². The Kier molecular flexibility index (Phi) is 3.05. The molecular formula is C16H14N2O2. The molecule has 3 rings (SSSR count). The Morgan fingerprint density at radius 2 is 1.40 bits per heavy atom. The maximum absolute atomic E-state index is 10.3. The molecule has 2 aromatic carbocycles. The van der Waals surface area contributed by atoms with Gasteiger partial charge in [0.1, 0.15) is 5.69 Å². The molecule has 1 aromatic heterocycles. The van der Waals surface area contributed by atoms with Crippen molar-refractivity contribution in [1.29, 1.82) is 0 Å². The maximum atomic E-state index is 10.3. The lowest BCUT2D eigenvalue weighted by atomic mass is 10.3. The summed E-state index contributed by atoms with van der Waals surface area (Å²) in [4.78, 5) is 0. The van der Waals surface area contributed by atoms with E-state index in [1.807, 2.05) is 60.7 Å². The fraction of sp³-hybridized carbons (Fsp3) is 0. The van der Waals surface area contributed by atoms with E-state index in [2.05, 4.69) is 5.32 Å². The second-order valence-electron chi connectivity index (χ2n) is 4.40. The van der Waals surface area contributed by atoms with Crippen LogP contribution in [0.1, 0.15) is 0 Å². The minimum Gasteiger partial charge on any atom is -0.494 e. The zero-order valence-electron chi connectivity index (χ0n) is 10.7. The van der Waals surface area contributed by atoms with Crippen LogP contribution in [0.15, 0.2) is 66.7 Å². The summed E-state index contributed by atoms with van der Waals surface area (Å²) in [5.74, 6) is -0.0512. The fourth-order valence-electron chi connectivity index (χ4n) is 2.09. The van der Waals surface area contributed by atoms with Gasteiger partial charge in [-0.2, -0.15) is 0 Å². The van der Waals surface area contributed by atoms with Crippen LogP contribution in [0.2, 0.25) is 0 Å². The van der Waals surface area contributed by atoms with Crippen molar-refractivity contribution in [2.24, 2.45) is 0 Å². The van der Waals surface area contributed by atoms with Gasteiger partial charge in [0.05, 0.1) is 5.69 Å². The highest BCUT2D eigenvalue weighted by Crippen LogP contribution is 2.36. The molecule has 0 aliphatic heterocycles. The van der Waals surface area contributed by atoms with Crippen LogP contribution in [0.5, 0.6) is 11.8 Å². The molecule has 0 aliphatic rings. The Morgan fingerprint density at radius 3 is 2.05 bits per heavy atom. The second kappa shape index (κ2) is 5.01. The van der Waals surface area contributed by atoms with E-state index in [9.17, 15) is 10.2 Å². The molecule has 4 heteroatoms. The van der Waals surface area contributed by atoms with Gasteiger partial charge in [-0.3, -0.25) is 0 Å². The first-order valence-electron chi connectivity index (χ1n) is 6.27. The summed E-state index contributed by atoms with van der Waals surface area (Å²) < 4.78 is 1.38. The predicted molar refractivity (Wildman–Crippen MR) is 78.8 cm³/mol. The smallest absolute Gasteiger partial charge is 0.223 e. The summed E-state index contributed by atoms with van der Waals surface area (Å²) in [6.07, 6.45) is 0. The van der Waals surface area contributed by atoms with Crippen molar-refractivity contribution in [3.05, 3.63) is 66.7 Å². The van der Waals surface area contributed by atoms with E-state index in [1.165, 1.54) is 10.6 Å². The molecule has 0 radical (unpaired) electrons. The third-order valence-corrected chi connectivity index (χ3v) is 3.02. The van der Waals surface area contributed by atoms with Gasteiger partial charge in [-0.1, -0.05) is 36.4 Å². The summed E-state index contributed by atoms with van der Waals surface area (Å²) in [5.41, 5.74) is 1.99. The van der Waals surface area contributed by atoms with Crippen molar-refractivity contribution >= 4 is 11.4 Å².